The minimum Gasteiger partial charge on any atom is -0.486 e. The summed E-state index contributed by atoms with van der Waals surface area (Å²) in [5, 5.41) is 13.0. The van der Waals surface area contributed by atoms with Gasteiger partial charge in [-0.2, -0.15) is 0 Å². The fourth-order valence-corrected chi connectivity index (χ4v) is 5.45. The van der Waals surface area contributed by atoms with Gasteiger partial charge in [0.25, 0.3) is 0 Å². The molecule has 4 aromatic rings. The topological polar surface area (TPSA) is 69.2 Å². The van der Waals surface area contributed by atoms with Gasteiger partial charge in [-0.1, -0.05) is 29.5 Å². The Bertz CT molecular complexity index is 1150. The van der Waals surface area contributed by atoms with Crippen molar-refractivity contribution < 1.29 is 9.15 Å². The molecule has 9 heteroatoms. The molecule has 0 spiro atoms. The number of piperidine rings is 1. The zero-order valence-corrected chi connectivity index (χ0v) is 20.3. The molecule has 3 aromatic heterocycles. The summed E-state index contributed by atoms with van der Waals surface area (Å²) in [6.45, 7) is 5.22. The van der Waals surface area contributed by atoms with Crippen molar-refractivity contribution in [1.29, 1.82) is 0 Å². The molecule has 4 heterocycles. The van der Waals surface area contributed by atoms with Crippen molar-refractivity contribution in [3.63, 3.8) is 0 Å². The van der Waals surface area contributed by atoms with Gasteiger partial charge >= 0.3 is 0 Å². The highest BCUT2D eigenvalue weighted by Gasteiger charge is 2.21. The fraction of sp³-hybridized carbons (Fsp3) is 0.375. The van der Waals surface area contributed by atoms with E-state index < -0.39 is 0 Å². The van der Waals surface area contributed by atoms with E-state index in [0.29, 0.717) is 13.2 Å². The molecule has 1 aliphatic heterocycles. The monoisotopic (exact) mass is 481 g/mol. The van der Waals surface area contributed by atoms with Crippen molar-refractivity contribution in [2.24, 2.45) is 0 Å². The molecule has 0 radical (unpaired) electrons. The van der Waals surface area contributed by atoms with Crippen molar-refractivity contribution in [2.45, 2.75) is 50.2 Å². The molecule has 0 unspecified atom stereocenters. The van der Waals surface area contributed by atoms with E-state index in [-0.39, 0.29) is 0 Å². The van der Waals surface area contributed by atoms with Crippen LogP contribution >= 0.6 is 23.1 Å². The van der Waals surface area contributed by atoms with Crippen LogP contribution in [-0.2, 0) is 18.9 Å². The van der Waals surface area contributed by atoms with Crippen molar-refractivity contribution in [1.82, 2.24) is 19.7 Å². The SMILES string of the molecule is Cc1ccc(OCc2nc(CSc3nnc(N4CCCCC4)n3Cc3ccco3)cs2)cc1. The lowest BCUT2D eigenvalue weighted by atomic mass is 10.1. The van der Waals surface area contributed by atoms with E-state index >= 15 is 0 Å². The van der Waals surface area contributed by atoms with Crippen LogP contribution in [0.25, 0.3) is 0 Å². The van der Waals surface area contributed by atoms with Gasteiger partial charge in [-0.25, -0.2) is 4.98 Å². The van der Waals surface area contributed by atoms with Gasteiger partial charge in [0.1, 0.15) is 23.1 Å². The molecule has 7 nitrogen and oxygen atoms in total. The molecule has 1 aliphatic rings. The van der Waals surface area contributed by atoms with Gasteiger partial charge in [0.2, 0.25) is 5.95 Å². The maximum atomic E-state index is 5.87. The number of hydrogen-bond acceptors (Lipinski definition) is 8. The molecule has 1 fully saturated rings. The van der Waals surface area contributed by atoms with Gasteiger partial charge in [0, 0.05) is 24.2 Å². The average molecular weight is 482 g/mol. The fourth-order valence-electron chi connectivity index (χ4n) is 3.81. The van der Waals surface area contributed by atoms with Gasteiger partial charge < -0.3 is 14.1 Å². The number of furan rings is 1. The number of thiazole rings is 1. The summed E-state index contributed by atoms with van der Waals surface area (Å²) in [4.78, 5) is 7.09. The molecule has 1 aromatic carbocycles. The van der Waals surface area contributed by atoms with Crippen LogP contribution in [0.3, 0.4) is 0 Å². The first-order chi connectivity index (χ1) is 16.2. The van der Waals surface area contributed by atoms with E-state index in [2.05, 4.69) is 44.1 Å². The predicted octanol–water partition coefficient (Wildman–Crippen LogP) is 5.55. The third-order valence-corrected chi connectivity index (χ3v) is 7.43. The van der Waals surface area contributed by atoms with E-state index in [1.54, 1.807) is 29.4 Å². The Morgan fingerprint density at radius 1 is 1.09 bits per heavy atom. The molecule has 0 atom stereocenters. The summed E-state index contributed by atoms with van der Waals surface area (Å²) in [5.41, 5.74) is 2.25. The number of nitrogens with zero attached hydrogens (tertiary/aromatic N) is 5. The van der Waals surface area contributed by atoms with Crippen LogP contribution in [0.15, 0.2) is 57.6 Å². The molecule has 0 aliphatic carbocycles. The minimum absolute atomic E-state index is 0.478. The average Bonchev–Trinajstić information content (AvgIpc) is 3.60. The van der Waals surface area contributed by atoms with Crippen molar-refractivity contribution in [3.05, 3.63) is 70.1 Å². The summed E-state index contributed by atoms with van der Waals surface area (Å²) in [6.07, 6.45) is 5.39. The van der Waals surface area contributed by atoms with Crippen LogP contribution < -0.4 is 9.64 Å². The first kappa shape index (κ1) is 22.0. The molecule has 5 rings (SSSR count). The highest BCUT2D eigenvalue weighted by molar-refractivity contribution is 7.98. The number of thioether (sulfide) groups is 1. The normalized spacial score (nSPS) is 14.0. The van der Waals surface area contributed by atoms with E-state index in [1.807, 2.05) is 24.3 Å². The number of ether oxygens (including phenoxy) is 1. The Morgan fingerprint density at radius 3 is 2.73 bits per heavy atom. The van der Waals surface area contributed by atoms with Crippen LogP contribution in [0.1, 0.15) is 41.3 Å². The molecule has 172 valence electrons. The van der Waals surface area contributed by atoms with Gasteiger partial charge in [-0.15, -0.1) is 21.5 Å². The van der Waals surface area contributed by atoms with Gasteiger partial charge in [-0.3, -0.25) is 4.57 Å². The van der Waals surface area contributed by atoms with Crippen LogP contribution in [0, 0.1) is 6.92 Å². The van der Waals surface area contributed by atoms with Gasteiger partial charge in [0.05, 0.1) is 18.5 Å². The van der Waals surface area contributed by atoms with Gasteiger partial charge in [0.15, 0.2) is 5.16 Å². The smallest absolute Gasteiger partial charge is 0.228 e. The zero-order chi connectivity index (χ0) is 22.5. The lowest BCUT2D eigenvalue weighted by molar-refractivity contribution is 0.305. The third kappa shape index (κ3) is 5.59. The number of anilines is 1. The zero-order valence-electron chi connectivity index (χ0n) is 18.6. The van der Waals surface area contributed by atoms with E-state index in [4.69, 9.17) is 14.1 Å². The molecular weight excluding hydrogens is 454 g/mol. The first-order valence-electron chi connectivity index (χ1n) is 11.2. The van der Waals surface area contributed by atoms with Crippen molar-refractivity contribution in [3.8, 4) is 5.75 Å². The highest BCUT2D eigenvalue weighted by Crippen LogP contribution is 2.28. The van der Waals surface area contributed by atoms with Crippen LogP contribution in [0.2, 0.25) is 0 Å². The van der Waals surface area contributed by atoms with E-state index in [0.717, 1.165) is 52.2 Å². The first-order valence-corrected chi connectivity index (χ1v) is 13.1. The molecule has 0 amide bonds. The number of aromatic nitrogens is 4. The quantitative estimate of drug-likeness (QED) is 0.290. The molecular formula is C24H27N5O2S2. The van der Waals surface area contributed by atoms with Crippen molar-refractivity contribution in [2.75, 3.05) is 18.0 Å². The number of rotatable bonds is 9. The number of hydrogen-bond donors (Lipinski definition) is 0. The Hall–Kier alpha value is -2.78. The number of benzene rings is 1. The third-order valence-electron chi connectivity index (χ3n) is 5.56. The molecule has 0 saturated carbocycles. The molecule has 33 heavy (non-hydrogen) atoms. The summed E-state index contributed by atoms with van der Waals surface area (Å²) in [5.74, 6) is 3.43. The standard InChI is InChI=1S/C24H27N5O2S2/c1-18-7-9-20(10-8-18)31-15-22-25-19(16-32-22)17-33-24-27-26-23(28-11-3-2-4-12-28)29(24)14-21-6-5-13-30-21/h5-10,13,16H,2-4,11-12,14-15,17H2,1H3. The maximum Gasteiger partial charge on any atom is 0.228 e. The number of aryl methyl sites for hydroxylation is 1. The second-order valence-electron chi connectivity index (χ2n) is 8.12. The summed E-state index contributed by atoms with van der Waals surface area (Å²) >= 11 is 3.29. The van der Waals surface area contributed by atoms with E-state index in [9.17, 15) is 0 Å². The van der Waals surface area contributed by atoms with Crippen LogP contribution in [0.5, 0.6) is 5.75 Å². The lowest BCUT2D eigenvalue weighted by Gasteiger charge is -2.27. The molecule has 0 N–H and O–H groups in total. The van der Waals surface area contributed by atoms with E-state index in [1.165, 1.54) is 24.8 Å². The summed E-state index contributed by atoms with van der Waals surface area (Å²) < 4.78 is 13.7. The summed E-state index contributed by atoms with van der Waals surface area (Å²) in [7, 11) is 0. The highest BCUT2D eigenvalue weighted by atomic mass is 32.2. The van der Waals surface area contributed by atoms with Gasteiger partial charge in [-0.05, 0) is 50.5 Å². The lowest BCUT2D eigenvalue weighted by Crippen LogP contribution is -2.32. The Balaban J connectivity index is 1.24. The minimum atomic E-state index is 0.478. The van der Waals surface area contributed by atoms with Crippen molar-refractivity contribution >= 4 is 29.0 Å². The molecule has 0 bridgehead atoms. The van der Waals surface area contributed by atoms with Crippen LogP contribution in [0.4, 0.5) is 5.95 Å². The molecule has 1 saturated heterocycles. The Labute approximate surface area is 201 Å². The summed E-state index contributed by atoms with van der Waals surface area (Å²) in [6, 6.07) is 12.0. The Kier molecular flexibility index (Phi) is 6.97. The van der Waals surface area contributed by atoms with Crippen LogP contribution in [-0.4, -0.2) is 32.8 Å². The maximum absolute atomic E-state index is 5.87. The Morgan fingerprint density at radius 2 is 1.94 bits per heavy atom. The largest absolute Gasteiger partial charge is 0.486 e. The predicted molar refractivity (Wildman–Crippen MR) is 131 cm³/mol. The second kappa shape index (κ2) is 10.4. The second-order valence-corrected chi connectivity index (χ2v) is 10.0.